The summed E-state index contributed by atoms with van der Waals surface area (Å²) in [6.07, 6.45) is 5.72. The number of likely N-dealkylation sites (tertiary alicyclic amines) is 2. The summed E-state index contributed by atoms with van der Waals surface area (Å²) in [5, 5.41) is 26.4. The lowest BCUT2D eigenvalue weighted by molar-refractivity contribution is -0.151. The van der Waals surface area contributed by atoms with E-state index in [1.165, 1.54) is 12.1 Å². The number of piperidine rings is 2. The fourth-order valence-electron chi connectivity index (χ4n) is 5.57. The minimum Gasteiger partial charge on any atom is -0.490 e. The van der Waals surface area contributed by atoms with E-state index in [4.69, 9.17) is 26.6 Å². The number of rotatable bonds is 10. The maximum atomic E-state index is 13.3. The molecule has 2 aliphatic heterocycles. The van der Waals surface area contributed by atoms with Gasteiger partial charge < -0.3 is 25.0 Å². The zero-order chi connectivity index (χ0) is 31.6. The van der Waals surface area contributed by atoms with Crippen LogP contribution in [0.3, 0.4) is 0 Å². The fraction of sp³-hybridized carbons (Fsp3) is 0.469. The maximum absolute atomic E-state index is 13.3. The molecule has 0 spiro atoms. The second-order valence-corrected chi connectivity index (χ2v) is 11.8. The van der Waals surface area contributed by atoms with E-state index >= 15 is 0 Å². The molecule has 234 valence electrons. The molecule has 9 nitrogen and oxygen atoms in total. The van der Waals surface area contributed by atoms with Crippen molar-refractivity contribution in [3.8, 4) is 5.75 Å². The van der Waals surface area contributed by atoms with Crippen LogP contribution in [0.4, 0.5) is 4.39 Å². The number of nitrogens with zero attached hydrogens (tertiary/aromatic N) is 2. The van der Waals surface area contributed by atoms with E-state index < -0.39 is 23.4 Å². The summed E-state index contributed by atoms with van der Waals surface area (Å²) < 4.78 is 19.5. The molecule has 3 N–H and O–H groups in total. The lowest BCUT2D eigenvalue weighted by Gasteiger charge is -2.43. The molecule has 11 heteroatoms. The number of benzene rings is 2. The first-order valence-electron chi connectivity index (χ1n) is 14.4. The molecule has 0 unspecified atom stereocenters. The Balaban J connectivity index is 0.000000557. The van der Waals surface area contributed by atoms with Gasteiger partial charge in [-0.3, -0.25) is 9.69 Å². The van der Waals surface area contributed by atoms with E-state index in [0.717, 1.165) is 80.3 Å². The molecule has 0 bridgehead atoms. The number of halogens is 2. The summed E-state index contributed by atoms with van der Waals surface area (Å²) in [7, 11) is 0. The number of hydrogen-bond acceptors (Lipinski definition) is 6. The normalized spacial score (nSPS) is 18.4. The molecule has 2 aromatic carbocycles. The quantitative estimate of drug-likeness (QED) is 0.310. The van der Waals surface area contributed by atoms with Crippen molar-refractivity contribution in [3.05, 3.63) is 76.6 Å². The molecule has 4 rings (SSSR count). The Labute approximate surface area is 256 Å². The third-order valence-electron chi connectivity index (χ3n) is 8.08. The summed E-state index contributed by atoms with van der Waals surface area (Å²) in [6.45, 7) is 8.46. The predicted octanol–water partition coefficient (Wildman–Crippen LogP) is 5.14. The Bertz CT molecular complexity index is 1260. The van der Waals surface area contributed by atoms with E-state index in [0.29, 0.717) is 24.5 Å². The van der Waals surface area contributed by atoms with Crippen LogP contribution in [0.15, 0.2) is 54.6 Å². The first-order chi connectivity index (χ1) is 20.4. The molecule has 0 aromatic heterocycles. The molecule has 2 aromatic rings. The molecule has 0 amide bonds. The molecule has 0 radical (unpaired) electrons. The molecule has 43 heavy (non-hydrogen) atoms. The van der Waals surface area contributed by atoms with E-state index in [1.807, 2.05) is 25.1 Å². The standard InChI is InChI=1S/C28H36ClFN2O3.C4H4O4/c1-20-17-23(29)5-8-26(20)35-25-11-13-31(14-12-25)19-22-9-15-32(16-10-22)28(2,27(33)34)18-21-3-6-24(30)7-4-21;5-3(6)1-2-4(7)8/h3-8,17,22,25H,9-16,18-19H2,1-2H3,(H,33,34);1-2H,(H,5,6)(H,7,8)/b;2-1-/t28-;/m0./s1. The van der Waals surface area contributed by atoms with E-state index in [9.17, 15) is 23.9 Å². The highest BCUT2D eigenvalue weighted by Gasteiger charge is 2.41. The minimum absolute atomic E-state index is 0.232. The highest BCUT2D eigenvalue weighted by atomic mass is 35.5. The number of aryl methyl sites for hydroxylation is 1. The maximum Gasteiger partial charge on any atom is 0.328 e. The SMILES string of the molecule is Cc1cc(Cl)ccc1OC1CCN(CC2CCN([C@@](C)(Cc3ccc(F)cc3)C(=O)O)CC2)CC1.O=C(O)/C=C\C(=O)O. The van der Waals surface area contributed by atoms with Gasteiger partial charge in [0.2, 0.25) is 0 Å². The summed E-state index contributed by atoms with van der Waals surface area (Å²) >= 11 is 6.06. The van der Waals surface area contributed by atoms with Gasteiger partial charge in [-0.15, -0.1) is 0 Å². The lowest BCUT2D eigenvalue weighted by atomic mass is 9.86. The largest absolute Gasteiger partial charge is 0.490 e. The van der Waals surface area contributed by atoms with Crippen molar-refractivity contribution >= 4 is 29.5 Å². The Kier molecular flexibility index (Phi) is 12.5. The third kappa shape index (κ3) is 10.6. The van der Waals surface area contributed by atoms with Crippen LogP contribution in [0.25, 0.3) is 0 Å². The minimum atomic E-state index is -1.26. The van der Waals surface area contributed by atoms with Gasteiger partial charge in [0.05, 0.1) is 0 Å². The molecule has 0 aliphatic carbocycles. The average molecular weight is 619 g/mol. The lowest BCUT2D eigenvalue weighted by Crippen LogP contribution is -2.57. The van der Waals surface area contributed by atoms with Crippen molar-refractivity contribution in [2.75, 3.05) is 32.7 Å². The highest BCUT2D eigenvalue weighted by Crippen LogP contribution is 2.30. The van der Waals surface area contributed by atoms with Gasteiger partial charge in [-0.05, 0) is 100.0 Å². The van der Waals surface area contributed by atoms with Crippen LogP contribution in [-0.4, -0.2) is 87.4 Å². The summed E-state index contributed by atoms with van der Waals surface area (Å²) in [6, 6.07) is 11.9. The van der Waals surface area contributed by atoms with Gasteiger partial charge in [-0.2, -0.15) is 0 Å². The van der Waals surface area contributed by atoms with Gasteiger partial charge in [-0.1, -0.05) is 23.7 Å². The van der Waals surface area contributed by atoms with Gasteiger partial charge in [0, 0.05) is 43.2 Å². The van der Waals surface area contributed by atoms with Crippen LogP contribution in [-0.2, 0) is 20.8 Å². The van der Waals surface area contributed by atoms with E-state index in [1.54, 1.807) is 19.1 Å². The third-order valence-corrected chi connectivity index (χ3v) is 8.32. The number of carboxylic acid groups (broad SMARTS) is 3. The Morgan fingerprint density at radius 3 is 2.05 bits per heavy atom. The monoisotopic (exact) mass is 618 g/mol. The van der Waals surface area contributed by atoms with Gasteiger partial charge in [-0.25, -0.2) is 14.0 Å². The van der Waals surface area contributed by atoms with Crippen molar-refractivity contribution in [2.45, 2.75) is 57.6 Å². The van der Waals surface area contributed by atoms with Gasteiger partial charge in [0.15, 0.2) is 0 Å². The van der Waals surface area contributed by atoms with Crippen LogP contribution >= 0.6 is 11.6 Å². The first-order valence-corrected chi connectivity index (χ1v) is 14.8. The van der Waals surface area contributed by atoms with Crippen molar-refractivity contribution in [1.82, 2.24) is 9.80 Å². The Hall–Kier alpha value is -3.47. The molecule has 1 atom stereocenters. The van der Waals surface area contributed by atoms with Crippen molar-refractivity contribution < 1.29 is 38.8 Å². The molecule has 0 saturated carbocycles. The van der Waals surface area contributed by atoms with Crippen LogP contribution < -0.4 is 4.74 Å². The molecule has 2 saturated heterocycles. The second-order valence-electron chi connectivity index (χ2n) is 11.4. The first kappa shape index (κ1) is 34.0. The number of carbonyl (C=O) groups is 3. The van der Waals surface area contributed by atoms with Crippen molar-refractivity contribution in [1.29, 1.82) is 0 Å². The zero-order valence-electron chi connectivity index (χ0n) is 24.5. The molecule has 2 heterocycles. The van der Waals surface area contributed by atoms with Crippen molar-refractivity contribution in [2.24, 2.45) is 5.92 Å². The average Bonchev–Trinajstić information content (AvgIpc) is 2.96. The smallest absolute Gasteiger partial charge is 0.328 e. The van der Waals surface area contributed by atoms with Crippen LogP contribution in [0, 0.1) is 18.7 Å². The van der Waals surface area contributed by atoms with Crippen molar-refractivity contribution in [3.63, 3.8) is 0 Å². The topological polar surface area (TPSA) is 128 Å². The molecular formula is C32H40ClFN2O7. The Morgan fingerprint density at radius 2 is 1.53 bits per heavy atom. The van der Waals surface area contributed by atoms with Gasteiger partial charge in [0.25, 0.3) is 0 Å². The zero-order valence-corrected chi connectivity index (χ0v) is 25.3. The number of carboxylic acids is 3. The Morgan fingerprint density at radius 1 is 0.953 bits per heavy atom. The molecule has 2 aliphatic rings. The summed E-state index contributed by atoms with van der Waals surface area (Å²) in [4.78, 5) is 36.0. The highest BCUT2D eigenvalue weighted by molar-refractivity contribution is 6.30. The number of hydrogen-bond donors (Lipinski definition) is 3. The van der Waals surface area contributed by atoms with Crippen LogP contribution in [0.1, 0.15) is 43.7 Å². The van der Waals surface area contributed by atoms with Gasteiger partial charge in [0.1, 0.15) is 23.2 Å². The summed E-state index contributed by atoms with van der Waals surface area (Å²) in [5.41, 5.74) is 0.926. The predicted molar refractivity (Wildman–Crippen MR) is 161 cm³/mol. The molecule has 2 fully saturated rings. The number of ether oxygens (including phenoxy) is 1. The van der Waals surface area contributed by atoms with E-state index in [-0.39, 0.29) is 11.9 Å². The van der Waals surface area contributed by atoms with Crippen LogP contribution in [0.5, 0.6) is 5.75 Å². The van der Waals surface area contributed by atoms with Crippen LogP contribution in [0.2, 0.25) is 5.02 Å². The molecular weight excluding hydrogens is 579 g/mol. The second kappa shape index (κ2) is 15.8. The van der Waals surface area contributed by atoms with E-state index in [2.05, 4.69) is 9.80 Å². The number of aliphatic carboxylic acids is 3. The summed E-state index contributed by atoms with van der Waals surface area (Å²) in [5.74, 6) is -2.14. The fourth-order valence-corrected chi connectivity index (χ4v) is 5.80. The van der Waals surface area contributed by atoms with Gasteiger partial charge >= 0.3 is 17.9 Å².